The minimum absolute atomic E-state index is 0.397. The van der Waals surface area contributed by atoms with E-state index in [0.717, 1.165) is 12.8 Å². The van der Waals surface area contributed by atoms with Gasteiger partial charge in [0.05, 0.1) is 5.56 Å². The second-order valence-electron chi connectivity index (χ2n) is 4.14. The van der Waals surface area contributed by atoms with Crippen molar-refractivity contribution in [3.8, 4) is 0 Å². The van der Waals surface area contributed by atoms with E-state index in [1.165, 1.54) is 29.7 Å². The molecule has 17 heavy (non-hydrogen) atoms. The molecule has 3 heteroatoms. The van der Waals surface area contributed by atoms with Crippen molar-refractivity contribution < 1.29 is 9.90 Å². The molecule has 0 bridgehead atoms. The van der Waals surface area contributed by atoms with Gasteiger partial charge in [0.15, 0.2) is 0 Å². The highest BCUT2D eigenvalue weighted by molar-refractivity contribution is 7.98. The summed E-state index contributed by atoms with van der Waals surface area (Å²) in [5.41, 5.74) is 1.57. The fourth-order valence-corrected chi connectivity index (χ4v) is 2.48. The standard InChI is InChI=1S/C14H20O2S/c1-3-4-5-6-7-11-10-12(14(15)16)8-9-13(11)17-2/h8-10H,3-7H2,1-2H3,(H,15,16). The Morgan fingerprint density at radius 2 is 2.06 bits per heavy atom. The first-order valence-corrected chi connectivity index (χ1v) is 7.31. The van der Waals surface area contributed by atoms with Crippen LogP contribution in [-0.4, -0.2) is 17.3 Å². The number of aryl methyl sites for hydroxylation is 1. The number of rotatable bonds is 7. The first-order valence-electron chi connectivity index (χ1n) is 6.09. The highest BCUT2D eigenvalue weighted by Crippen LogP contribution is 2.23. The van der Waals surface area contributed by atoms with Crippen LogP contribution in [0.1, 0.15) is 48.5 Å². The van der Waals surface area contributed by atoms with Gasteiger partial charge in [-0.2, -0.15) is 0 Å². The van der Waals surface area contributed by atoms with E-state index in [1.807, 2.05) is 18.4 Å². The zero-order valence-electron chi connectivity index (χ0n) is 10.5. The molecular formula is C14H20O2S. The van der Waals surface area contributed by atoms with Crippen LogP contribution in [0.15, 0.2) is 23.1 Å². The van der Waals surface area contributed by atoms with Crippen LogP contribution in [-0.2, 0) is 6.42 Å². The minimum Gasteiger partial charge on any atom is -0.478 e. The maximum absolute atomic E-state index is 10.9. The monoisotopic (exact) mass is 252 g/mol. The van der Waals surface area contributed by atoms with E-state index in [1.54, 1.807) is 17.8 Å². The van der Waals surface area contributed by atoms with E-state index in [2.05, 4.69) is 6.92 Å². The topological polar surface area (TPSA) is 37.3 Å². The molecule has 0 radical (unpaired) electrons. The predicted octanol–water partition coefficient (Wildman–Crippen LogP) is 4.23. The number of unbranched alkanes of at least 4 members (excludes halogenated alkanes) is 3. The Balaban J connectivity index is 2.72. The van der Waals surface area contributed by atoms with Crippen molar-refractivity contribution >= 4 is 17.7 Å². The molecule has 0 saturated carbocycles. The van der Waals surface area contributed by atoms with Gasteiger partial charge in [-0.3, -0.25) is 0 Å². The lowest BCUT2D eigenvalue weighted by molar-refractivity contribution is 0.0696. The second kappa shape index (κ2) is 7.38. The first kappa shape index (κ1) is 14.1. The number of carboxylic acids is 1. The van der Waals surface area contributed by atoms with Crippen LogP contribution < -0.4 is 0 Å². The van der Waals surface area contributed by atoms with Crippen LogP contribution in [0.5, 0.6) is 0 Å². The number of hydrogen-bond donors (Lipinski definition) is 1. The van der Waals surface area contributed by atoms with Gasteiger partial charge in [0, 0.05) is 4.90 Å². The fourth-order valence-electron chi connectivity index (χ4n) is 1.85. The molecule has 1 rings (SSSR count). The SMILES string of the molecule is CCCCCCc1cc(C(=O)O)ccc1SC. The number of carboxylic acid groups (broad SMARTS) is 1. The molecule has 1 aromatic carbocycles. The number of hydrogen-bond acceptors (Lipinski definition) is 2. The summed E-state index contributed by atoms with van der Waals surface area (Å²) in [6.07, 6.45) is 7.87. The van der Waals surface area contributed by atoms with Crippen molar-refractivity contribution in [2.75, 3.05) is 6.26 Å². The smallest absolute Gasteiger partial charge is 0.335 e. The molecule has 0 aliphatic rings. The molecule has 0 fully saturated rings. The summed E-state index contributed by atoms with van der Waals surface area (Å²) >= 11 is 1.69. The Bertz CT molecular complexity index is 374. The predicted molar refractivity (Wildman–Crippen MR) is 73.0 cm³/mol. The maximum Gasteiger partial charge on any atom is 0.335 e. The van der Waals surface area contributed by atoms with Gasteiger partial charge < -0.3 is 5.11 Å². The number of carbonyl (C=O) groups is 1. The first-order chi connectivity index (χ1) is 8.19. The molecule has 0 aliphatic carbocycles. The van der Waals surface area contributed by atoms with Crippen molar-refractivity contribution in [3.05, 3.63) is 29.3 Å². The van der Waals surface area contributed by atoms with Crippen LogP contribution in [0.4, 0.5) is 0 Å². The van der Waals surface area contributed by atoms with Gasteiger partial charge in [-0.25, -0.2) is 4.79 Å². The largest absolute Gasteiger partial charge is 0.478 e. The Hall–Kier alpha value is -0.960. The van der Waals surface area contributed by atoms with Gasteiger partial charge in [-0.15, -0.1) is 11.8 Å². The van der Waals surface area contributed by atoms with Crippen LogP contribution in [0.3, 0.4) is 0 Å². The average Bonchev–Trinajstić information content (AvgIpc) is 2.34. The summed E-state index contributed by atoms with van der Waals surface area (Å²) in [7, 11) is 0. The average molecular weight is 252 g/mol. The van der Waals surface area contributed by atoms with Crippen LogP contribution in [0.2, 0.25) is 0 Å². The van der Waals surface area contributed by atoms with Crippen LogP contribution in [0.25, 0.3) is 0 Å². The molecule has 2 nitrogen and oxygen atoms in total. The zero-order chi connectivity index (χ0) is 12.7. The van der Waals surface area contributed by atoms with Gasteiger partial charge in [0.1, 0.15) is 0 Å². The third kappa shape index (κ3) is 4.43. The third-order valence-corrected chi connectivity index (χ3v) is 3.67. The molecule has 0 saturated heterocycles. The van der Waals surface area contributed by atoms with Gasteiger partial charge in [-0.1, -0.05) is 26.2 Å². The molecule has 0 aliphatic heterocycles. The normalized spacial score (nSPS) is 10.5. The Kier molecular flexibility index (Phi) is 6.12. The van der Waals surface area contributed by atoms with Gasteiger partial charge >= 0.3 is 5.97 Å². The van der Waals surface area contributed by atoms with Crippen LogP contribution >= 0.6 is 11.8 Å². The lowest BCUT2D eigenvalue weighted by Gasteiger charge is -2.08. The van der Waals surface area contributed by atoms with Crippen molar-refractivity contribution in [1.29, 1.82) is 0 Å². The molecule has 1 aromatic rings. The van der Waals surface area contributed by atoms with Gasteiger partial charge in [0.2, 0.25) is 0 Å². The van der Waals surface area contributed by atoms with Crippen molar-refractivity contribution in [2.45, 2.75) is 43.9 Å². The highest BCUT2D eigenvalue weighted by Gasteiger charge is 2.07. The Morgan fingerprint density at radius 1 is 1.29 bits per heavy atom. The summed E-state index contributed by atoms with van der Waals surface area (Å²) in [6, 6.07) is 5.42. The molecule has 0 heterocycles. The van der Waals surface area contributed by atoms with Gasteiger partial charge in [0.25, 0.3) is 0 Å². The fraction of sp³-hybridized carbons (Fsp3) is 0.500. The van der Waals surface area contributed by atoms with E-state index in [9.17, 15) is 4.79 Å². The number of thioether (sulfide) groups is 1. The quantitative estimate of drug-likeness (QED) is 0.583. The molecule has 0 unspecified atom stereocenters. The van der Waals surface area contributed by atoms with E-state index >= 15 is 0 Å². The molecular weight excluding hydrogens is 232 g/mol. The Morgan fingerprint density at radius 3 is 2.65 bits per heavy atom. The zero-order valence-corrected chi connectivity index (χ0v) is 11.3. The number of aromatic carboxylic acids is 1. The Labute approximate surface area is 107 Å². The van der Waals surface area contributed by atoms with E-state index in [4.69, 9.17) is 5.11 Å². The molecule has 0 spiro atoms. The lowest BCUT2D eigenvalue weighted by Crippen LogP contribution is -1.99. The van der Waals surface area contributed by atoms with Crippen LogP contribution in [0, 0.1) is 0 Å². The number of benzene rings is 1. The minimum atomic E-state index is -0.840. The van der Waals surface area contributed by atoms with E-state index < -0.39 is 5.97 Å². The summed E-state index contributed by atoms with van der Waals surface area (Å²) < 4.78 is 0. The molecule has 0 atom stereocenters. The second-order valence-corrected chi connectivity index (χ2v) is 4.99. The molecule has 0 amide bonds. The third-order valence-electron chi connectivity index (χ3n) is 2.83. The van der Waals surface area contributed by atoms with E-state index in [0.29, 0.717) is 5.56 Å². The highest BCUT2D eigenvalue weighted by atomic mass is 32.2. The summed E-state index contributed by atoms with van der Waals surface area (Å²) in [6.45, 7) is 2.19. The van der Waals surface area contributed by atoms with Crippen molar-refractivity contribution in [1.82, 2.24) is 0 Å². The summed E-state index contributed by atoms with van der Waals surface area (Å²) in [4.78, 5) is 12.1. The van der Waals surface area contributed by atoms with Gasteiger partial charge in [-0.05, 0) is 42.9 Å². The van der Waals surface area contributed by atoms with Crippen molar-refractivity contribution in [3.63, 3.8) is 0 Å². The maximum atomic E-state index is 10.9. The summed E-state index contributed by atoms with van der Waals surface area (Å²) in [5.74, 6) is -0.840. The molecule has 1 N–H and O–H groups in total. The molecule has 94 valence electrons. The van der Waals surface area contributed by atoms with E-state index in [-0.39, 0.29) is 0 Å². The molecule has 0 aromatic heterocycles. The van der Waals surface area contributed by atoms with Crippen molar-refractivity contribution in [2.24, 2.45) is 0 Å². The summed E-state index contributed by atoms with van der Waals surface area (Å²) in [5, 5.41) is 8.98. The lowest BCUT2D eigenvalue weighted by atomic mass is 10.0.